The zero-order chi connectivity index (χ0) is 22.5. The average molecular weight is 438 g/mol. The summed E-state index contributed by atoms with van der Waals surface area (Å²) in [6.07, 6.45) is 39.0. The van der Waals surface area contributed by atoms with Crippen molar-refractivity contribution < 1.29 is 4.74 Å². The average Bonchev–Trinajstić information content (AvgIpc) is 2.78. The predicted octanol–water partition coefficient (Wildman–Crippen LogP) is 11.3. The molecule has 0 bridgehead atoms. The Hall–Kier alpha value is -0.0400. The molecule has 187 valence electrons. The van der Waals surface area contributed by atoms with Gasteiger partial charge in [0.05, 0.1) is 6.61 Å². The predicted molar refractivity (Wildman–Crippen MR) is 142 cm³/mol. The first-order chi connectivity index (χ1) is 15.4. The summed E-state index contributed by atoms with van der Waals surface area (Å²) >= 11 is 0. The summed E-state index contributed by atoms with van der Waals surface area (Å²) in [6, 6.07) is 0. The van der Waals surface area contributed by atoms with E-state index in [1.807, 2.05) is 6.61 Å². The molecule has 0 amide bonds. The third kappa shape index (κ3) is 30.0. The number of hydrogen-bond donors (Lipinski definition) is 0. The van der Waals surface area contributed by atoms with Gasteiger partial charge in [0.2, 0.25) is 0 Å². The quantitative estimate of drug-likeness (QED) is 0.111. The van der Waals surface area contributed by atoms with Gasteiger partial charge in [0.1, 0.15) is 0 Å². The zero-order valence-corrected chi connectivity index (χ0v) is 22.1. The van der Waals surface area contributed by atoms with Crippen LogP contribution in [0, 0.1) is 6.61 Å². The normalized spacial score (nSPS) is 11.4. The van der Waals surface area contributed by atoms with Gasteiger partial charge in [-0.1, -0.05) is 174 Å². The molecule has 0 saturated heterocycles. The first-order valence-corrected chi connectivity index (χ1v) is 14.8. The summed E-state index contributed by atoms with van der Waals surface area (Å²) in [7, 11) is 1.75. The maximum atomic E-state index is 4.97. The first kappa shape index (κ1) is 31.0. The van der Waals surface area contributed by atoms with Gasteiger partial charge < -0.3 is 4.74 Å². The second kappa shape index (κ2) is 30.0. The maximum Gasteiger partial charge on any atom is 0.0832 e. The Balaban J connectivity index is 2.98. The first-order valence-electron chi connectivity index (χ1n) is 14.8. The van der Waals surface area contributed by atoms with Crippen molar-refractivity contribution in [1.82, 2.24) is 0 Å². The molecule has 0 unspecified atom stereocenters. The Bertz CT molecular complexity index is 260. The van der Waals surface area contributed by atoms with Gasteiger partial charge in [-0.15, -0.1) is 0 Å². The van der Waals surface area contributed by atoms with E-state index < -0.39 is 0 Å². The Morgan fingerprint density at radius 2 is 0.581 bits per heavy atom. The monoisotopic (exact) mass is 437 g/mol. The fourth-order valence-electron chi connectivity index (χ4n) is 4.66. The summed E-state index contributed by atoms with van der Waals surface area (Å²) < 4.78 is 4.97. The fourth-order valence-corrected chi connectivity index (χ4v) is 4.66. The van der Waals surface area contributed by atoms with E-state index in [1.165, 1.54) is 167 Å². The van der Waals surface area contributed by atoms with E-state index in [-0.39, 0.29) is 0 Å². The van der Waals surface area contributed by atoms with Crippen LogP contribution >= 0.6 is 0 Å². The number of hydrogen-bond acceptors (Lipinski definition) is 1. The van der Waals surface area contributed by atoms with Gasteiger partial charge >= 0.3 is 0 Å². The van der Waals surface area contributed by atoms with E-state index in [4.69, 9.17) is 4.74 Å². The lowest BCUT2D eigenvalue weighted by molar-refractivity contribution is 0.262. The largest absolute Gasteiger partial charge is 0.379 e. The third-order valence-electron chi connectivity index (χ3n) is 6.84. The van der Waals surface area contributed by atoms with Crippen molar-refractivity contribution in [3.8, 4) is 0 Å². The standard InChI is InChI=1S/C30H61O/c1-3-4-5-6-7-8-9-10-11-12-13-14-15-16-17-18-19-20-21-22-23-24-25-26-27-28-29-30-31-2/h30H,3-29H2,1-2H3. The number of methoxy groups -OCH3 is 1. The molecule has 0 atom stereocenters. The van der Waals surface area contributed by atoms with Gasteiger partial charge in [-0.05, 0) is 6.42 Å². The molecule has 0 aliphatic rings. The highest BCUT2D eigenvalue weighted by Crippen LogP contribution is 2.16. The lowest BCUT2D eigenvalue weighted by Crippen LogP contribution is -1.85. The molecule has 0 aromatic heterocycles. The molecular weight excluding hydrogens is 376 g/mol. The Morgan fingerprint density at radius 1 is 0.355 bits per heavy atom. The van der Waals surface area contributed by atoms with Crippen molar-refractivity contribution in [3.05, 3.63) is 6.61 Å². The molecule has 0 aromatic carbocycles. The van der Waals surface area contributed by atoms with Gasteiger partial charge in [0, 0.05) is 7.11 Å². The van der Waals surface area contributed by atoms with Gasteiger partial charge in [-0.3, -0.25) is 0 Å². The van der Waals surface area contributed by atoms with Gasteiger partial charge in [-0.2, -0.15) is 0 Å². The number of unbranched alkanes of at least 4 members (excludes halogenated alkanes) is 26. The van der Waals surface area contributed by atoms with Crippen LogP contribution in [0.5, 0.6) is 0 Å². The minimum absolute atomic E-state index is 1.12. The highest BCUT2D eigenvalue weighted by molar-refractivity contribution is 4.53. The van der Waals surface area contributed by atoms with Crippen LogP contribution in [0.25, 0.3) is 0 Å². The van der Waals surface area contributed by atoms with Crippen LogP contribution in [-0.2, 0) is 4.74 Å². The SMILES string of the molecule is CCCCCCCCCCCCCCCCCCCCCCCCCCCC[CH]OC. The van der Waals surface area contributed by atoms with E-state index in [0.717, 1.165) is 6.42 Å². The highest BCUT2D eigenvalue weighted by atomic mass is 16.5. The van der Waals surface area contributed by atoms with Crippen molar-refractivity contribution in [3.63, 3.8) is 0 Å². The molecule has 0 spiro atoms. The van der Waals surface area contributed by atoms with Crippen LogP contribution in [-0.4, -0.2) is 7.11 Å². The Labute approximate surface area is 198 Å². The topological polar surface area (TPSA) is 9.23 Å². The van der Waals surface area contributed by atoms with Crippen LogP contribution < -0.4 is 0 Å². The lowest BCUT2D eigenvalue weighted by Gasteiger charge is -2.04. The summed E-state index contributed by atoms with van der Waals surface area (Å²) in [5.41, 5.74) is 0. The lowest BCUT2D eigenvalue weighted by atomic mass is 10.0. The molecule has 0 fully saturated rings. The molecule has 0 N–H and O–H groups in total. The summed E-state index contributed by atoms with van der Waals surface area (Å²) in [6.45, 7) is 4.23. The zero-order valence-electron chi connectivity index (χ0n) is 22.1. The van der Waals surface area contributed by atoms with Crippen molar-refractivity contribution in [2.24, 2.45) is 0 Å². The molecule has 1 heteroatoms. The molecular formula is C30H61O. The molecule has 0 heterocycles. The molecule has 31 heavy (non-hydrogen) atoms. The molecule has 0 aliphatic carbocycles. The minimum Gasteiger partial charge on any atom is -0.379 e. The van der Waals surface area contributed by atoms with Crippen molar-refractivity contribution in [1.29, 1.82) is 0 Å². The van der Waals surface area contributed by atoms with Crippen LogP contribution in [0.1, 0.15) is 180 Å². The molecule has 1 nitrogen and oxygen atoms in total. The van der Waals surface area contributed by atoms with Crippen LogP contribution in [0.4, 0.5) is 0 Å². The van der Waals surface area contributed by atoms with E-state index in [0.29, 0.717) is 0 Å². The number of rotatable bonds is 28. The second-order valence-electron chi connectivity index (χ2n) is 10.0. The minimum atomic E-state index is 1.12. The number of ether oxygens (including phenoxy) is 1. The molecule has 0 rings (SSSR count). The van der Waals surface area contributed by atoms with Crippen molar-refractivity contribution >= 4 is 0 Å². The van der Waals surface area contributed by atoms with Crippen molar-refractivity contribution in [2.45, 2.75) is 180 Å². The smallest absolute Gasteiger partial charge is 0.0832 e. The third-order valence-corrected chi connectivity index (χ3v) is 6.84. The second-order valence-corrected chi connectivity index (χ2v) is 10.0. The Kier molecular flexibility index (Phi) is 29.9. The van der Waals surface area contributed by atoms with Gasteiger partial charge in [-0.25, -0.2) is 0 Å². The van der Waals surface area contributed by atoms with Crippen molar-refractivity contribution in [2.75, 3.05) is 7.11 Å². The molecule has 0 saturated carbocycles. The highest BCUT2D eigenvalue weighted by Gasteiger charge is 1.96. The van der Waals surface area contributed by atoms with E-state index in [2.05, 4.69) is 6.92 Å². The van der Waals surface area contributed by atoms with Crippen LogP contribution in [0.3, 0.4) is 0 Å². The van der Waals surface area contributed by atoms with Gasteiger partial charge in [0.15, 0.2) is 0 Å². The maximum absolute atomic E-state index is 4.97. The van der Waals surface area contributed by atoms with E-state index >= 15 is 0 Å². The summed E-state index contributed by atoms with van der Waals surface area (Å²) in [4.78, 5) is 0. The summed E-state index contributed by atoms with van der Waals surface area (Å²) in [5.74, 6) is 0. The summed E-state index contributed by atoms with van der Waals surface area (Å²) in [5, 5.41) is 0. The van der Waals surface area contributed by atoms with Gasteiger partial charge in [0.25, 0.3) is 0 Å². The molecule has 1 radical (unpaired) electrons. The Morgan fingerprint density at radius 3 is 0.806 bits per heavy atom. The molecule has 0 aliphatic heterocycles. The van der Waals surface area contributed by atoms with Crippen LogP contribution in [0.15, 0.2) is 0 Å². The van der Waals surface area contributed by atoms with E-state index in [1.54, 1.807) is 7.11 Å². The van der Waals surface area contributed by atoms with Crippen LogP contribution in [0.2, 0.25) is 0 Å². The van der Waals surface area contributed by atoms with E-state index in [9.17, 15) is 0 Å². The molecule has 0 aromatic rings. The fraction of sp³-hybridized carbons (Fsp3) is 0.967.